The summed E-state index contributed by atoms with van der Waals surface area (Å²) < 4.78 is 0. The number of nitrogens with zero attached hydrogens (tertiary/aromatic N) is 2. The van der Waals surface area contributed by atoms with Crippen molar-refractivity contribution in [2.24, 2.45) is 0 Å². The highest BCUT2D eigenvalue weighted by atomic mass is 16.2. The molecule has 1 unspecified atom stereocenters. The SMILES string of the molecule is CC(CNC(=O)c1cccc(N2CCCC2=O)c1)N1CCCCC1. The van der Waals surface area contributed by atoms with Crippen LogP contribution in [0.25, 0.3) is 0 Å². The van der Waals surface area contributed by atoms with Crippen LogP contribution in [0.4, 0.5) is 5.69 Å². The molecule has 1 atom stereocenters. The van der Waals surface area contributed by atoms with Crippen molar-refractivity contribution >= 4 is 17.5 Å². The van der Waals surface area contributed by atoms with Crippen molar-refractivity contribution in [1.82, 2.24) is 10.2 Å². The van der Waals surface area contributed by atoms with Crippen LogP contribution in [-0.2, 0) is 4.79 Å². The number of carbonyl (C=O) groups excluding carboxylic acids is 2. The maximum atomic E-state index is 12.4. The molecule has 1 aromatic carbocycles. The van der Waals surface area contributed by atoms with Gasteiger partial charge in [0.25, 0.3) is 5.91 Å². The van der Waals surface area contributed by atoms with Crippen LogP contribution < -0.4 is 10.2 Å². The molecule has 2 aliphatic heterocycles. The number of hydrogen-bond acceptors (Lipinski definition) is 3. The summed E-state index contributed by atoms with van der Waals surface area (Å²) in [7, 11) is 0. The Kier molecular flexibility index (Phi) is 5.51. The Balaban J connectivity index is 1.57. The first-order valence-electron chi connectivity index (χ1n) is 9.08. The molecular formula is C19H27N3O2. The van der Waals surface area contributed by atoms with Crippen molar-refractivity contribution in [3.05, 3.63) is 29.8 Å². The third-order valence-corrected chi connectivity index (χ3v) is 5.07. The molecule has 130 valence electrons. The quantitative estimate of drug-likeness (QED) is 0.902. The van der Waals surface area contributed by atoms with E-state index in [2.05, 4.69) is 17.1 Å². The van der Waals surface area contributed by atoms with E-state index in [0.717, 1.165) is 31.7 Å². The zero-order valence-corrected chi connectivity index (χ0v) is 14.5. The summed E-state index contributed by atoms with van der Waals surface area (Å²) in [4.78, 5) is 28.5. The molecule has 2 amide bonds. The summed E-state index contributed by atoms with van der Waals surface area (Å²) >= 11 is 0. The summed E-state index contributed by atoms with van der Waals surface area (Å²) in [5.41, 5.74) is 1.45. The molecule has 1 aromatic rings. The van der Waals surface area contributed by atoms with E-state index in [4.69, 9.17) is 0 Å². The lowest BCUT2D eigenvalue weighted by atomic mass is 10.1. The predicted octanol–water partition coefficient (Wildman–Crippen LogP) is 2.42. The fourth-order valence-electron chi connectivity index (χ4n) is 3.57. The van der Waals surface area contributed by atoms with Gasteiger partial charge in [0.1, 0.15) is 0 Å². The van der Waals surface area contributed by atoms with E-state index in [1.54, 1.807) is 4.90 Å². The Bertz CT molecular complexity index is 596. The lowest BCUT2D eigenvalue weighted by Gasteiger charge is -2.32. The molecular weight excluding hydrogens is 302 g/mol. The van der Waals surface area contributed by atoms with E-state index in [9.17, 15) is 9.59 Å². The Labute approximate surface area is 144 Å². The lowest BCUT2D eigenvalue weighted by Crippen LogP contribution is -2.44. The molecule has 3 rings (SSSR count). The van der Waals surface area contributed by atoms with Crippen LogP contribution in [0, 0.1) is 0 Å². The van der Waals surface area contributed by atoms with Crippen LogP contribution in [0.2, 0.25) is 0 Å². The number of amides is 2. The minimum atomic E-state index is -0.0626. The van der Waals surface area contributed by atoms with Gasteiger partial charge in [0.05, 0.1) is 0 Å². The zero-order chi connectivity index (χ0) is 16.9. The number of hydrogen-bond donors (Lipinski definition) is 1. The predicted molar refractivity (Wildman–Crippen MR) is 95.2 cm³/mol. The second-order valence-corrected chi connectivity index (χ2v) is 6.85. The van der Waals surface area contributed by atoms with Crippen LogP contribution in [-0.4, -0.2) is 48.9 Å². The summed E-state index contributed by atoms with van der Waals surface area (Å²) in [6, 6.07) is 7.74. The summed E-state index contributed by atoms with van der Waals surface area (Å²) in [6.45, 7) is 5.83. The third kappa shape index (κ3) is 3.96. The van der Waals surface area contributed by atoms with Crippen LogP contribution in [0.5, 0.6) is 0 Å². The maximum absolute atomic E-state index is 12.4. The van der Waals surface area contributed by atoms with Gasteiger partial charge in [-0.1, -0.05) is 12.5 Å². The molecule has 2 saturated heterocycles. The van der Waals surface area contributed by atoms with Gasteiger partial charge in [-0.2, -0.15) is 0 Å². The molecule has 0 spiro atoms. The van der Waals surface area contributed by atoms with E-state index in [1.807, 2.05) is 24.3 Å². The number of carbonyl (C=O) groups is 2. The molecule has 2 fully saturated rings. The largest absolute Gasteiger partial charge is 0.350 e. The van der Waals surface area contributed by atoms with Gasteiger partial charge in [0.2, 0.25) is 5.91 Å². The van der Waals surface area contributed by atoms with Crippen molar-refractivity contribution in [2.45, 2.75) is 45.1 Å². The molecule has 0 aromatic heterocycles. The highest BCUT2D eigenvalue weighted by molar-refractivity contribution is 5.99. The van der Waals surface area contributed by atoms with E-state index < -0.39 is 0 Å². The average molecular weight is 329 g/mol. The van der Waals surface area contributed by atoms with Crippen molar-refractivity contribution in [2.75, 3.05) is 31.1 Å². The molecule has 24 heavy (non-hydrogen) atoms. The summed E-state index contributed by atoms with van der Waals surface area (Å²) in [5, 5.41) is 3.04. The minimum absolute atomic E-state index is 0.0626. The second-order valence-electron chi connectivity index (χ2n) is 6.85. The number of likely N-dealkylation sites (tertiary alicyclic amines) is 1. The van der Waals surface area contributed by atoms with Crippen LogP contribution in [0.3, 0.4) is 0 Å². The van der Waals surface area contributed by atoms with Crippen molar-refractivity contribution in [1.29, 1.82) is 0 Å². The number of anilines is 1. The molecule has 5 heteroatoms. The minimum Gasteiger partial charge on any atom is -0.350 e. The molecule has 0 radical (unpaired) electrons. The first-order valence-corrected chi connectivity index (χ1v) is 9.08. The molecule has 0 aliphatic carbocycles. The normalized spacial score (nSPS) is 20.2. The monoisotopic (exact) mass is 329 g/mol. The molecule has 0 bridgehead atoms. The van der Waals surface area contributed by atoms with Gasteiger partial charge in [-0.3, -0.25) is 14.5 Å². The standard InChI is InChI=1S/C19H27N3O2/c1-15(21-10-3-2-4-11-21)14-20-19(24)16-7-5-8-17(13-16)22-12-6-9-18(22)23/h5,7-8,13,15H,2-4,6,9-12,14H2,1H3,(H,20,24). The highest BCUT2D eigenvalue weighted by Gasteiger charge is 2.22. The number of rotatable bonds is 5. The molecule has 2 heterocycles. The molecule has 2 aliphatic rings. The van der Waals surface area contributed by atoms with Crippen LogP contribution in [0.15, 0.2) is 24.3 Å². The zero-order valence-electron chi connectivity index (χ0n) is 14.5. The van der Waals surface area contributed by atoms with Crippen molar-refractivity contribution < 1.29 is 9.59 Å². The molecule has 5 nitrogen and oxygen atoms in total. The first kappa shape index (κ1) is 17.0. The Morgan fingerprint density at radius 2 is 1.96 bits per heavy atom. The smallest absolute Gasteiger partial charge is 0.251 e. The first-order chi connectivity index (χ1) is 11.6. The third-order valence-electron chi connectivity index (χ3n) is 5.07. The van der Waals surface area contributed by atoms with Gasteiger partial charge in [-0.25, -0.2) is 0 Å². The summed E-state index contributed by atoms with van der Waals surface area (Å²) in [6.07, 6.45) is 5.32. The topological polar surface area (TPSA) is 52.7 Å². The van der Waals surface area contributed by atoms with E-state index >= 15 is 0 Å². The van der Waals surface area contributed by atoms with Gasteiger partial charge in [-0.05, 0) is 57.5 Å². The number of benzene rings is 1. The van der Waals surface area contributed by atoms with Crippen LogP contribution in [0.1, 0.15) is 49.4 Å². The summed E-state index contributed by atoms with van der Waals surface area (Å²) in [5.74, 6) is 0.0821. The molecule has 1 N–H and O–H groups in total. The van der Waals surface area contributed by atoms with Gasteiger partial charge < -0.3 is 10.2 Å². The Morgan fingerprint density at radius 1 is 1.17 bits per heavy atom. The van der Waals surface area contributed by atoms with E-state index in [0.29, 0.717) is 24.6 Å². The van der Waals surface area contributed by atoms with Gasteiger partial charge in [-0.15, -0.1) is 0 Å². The lowest BCUT2D eigenvalue weighted by molar-refractivity contribution is -0.117. The number of nitrogens with one attached hydrogen (secondary N) is 1. The van der Waals surface area contributed by atoms with Crippen LogP contribution >= 0.6 is 0 Å². The molecule has 0 saturated carbocycles. The van der Waals surface area contributed by atoms with Gasteiger partial charge in [0, 0.05) is 36.8 Å². The number of piperidine rings is 1. The highest BCUT2D eigenvalue weighted by Crippen LogP contribution is 2.22. The fraction of sp³-hybridized carbons (Fsp3) is 0.579. The fourth-order valence-corrected chi connectivity index (χ4v) is 3.57. The average Bonchev–Trinajstić information content (AvgIpc) is 3.06. The van der Waals surface area contributed by atoms with Crippen molar-refractivity contribution in [3.63, 3.8) is 0 Å². The van der Waals surface area contributed by atoms with Gasteiger partial charge >= 0.3 is 0 Å². The Morgan fingerprint density at radius 3 is 2.67 bits per heavy atom. The second kappa shape index (κ2) is 7.79. The maximum Gasteiger partial charge on any atom is 0.251 e. The van der Waals surface area contributed by atoms with Crippen molar-refractivity contribution in [3.8, 4) is 0 Å². The van der Waals surface area contributed by atoms with E-state index in [1.165, 1.54) is 19.3 Å². The van der Waals surface area contributed by atoms with E-state index in [-0.39, 0.29) is 11.8 Å². The Hall–Kier alpha value is -1.88. The van der Waals surface area contributed by atoms with Gasteiger partial charge in [0.15, 0.2) is 0 Å².